The van der Waals surface area contributed by atoms with Crippen LogP contribution in [0.3, 0.4) is 0 Å². The maximum Gasteiger partial charge on any atom is 0.0219 e. The van der Waals surface area contributed by atoms with E-state index < -0.39 is 0 Å². The molecule has 0 aromatic carbocycles. The third kappa shape index (κ3) is 10.0. The van der Waals surface area contributed by atoms with Crippen molar-refractivity contribution in [2.75, 3.05) is 0 Å². The van der Waals surface area contributed by atoms with Gasteiger partial charge in [-0.25, -0.2) is 0 Å². The lowest BCUT2D eigenvalue weighted by Gasteiger charge is -2.13. The summed E-state index contributed by atoms with van der Waals surface area (Å²) >= 11 is 0. The topological polar surface area (TPSA) is 38.0 Å². The molecule has 3 N–H and O–H groups in total. The summed E-state index contributed by atoms with van der Waals surface area (Å²) in [4.78, 5) is 0. The van der Waals surface area contributed by atoms with Crippen LogP contribution in [0.2, 0.25) is 0 Å². The fourth-order valence-corrected chi connectivity index (χ4v) is 1.85. The normalized spacial score (nSPS) is 11.9. The fourth-order valence-electron chi connectivity index (χ4n) is 1.85. The Morgan fingerprint density at radius 3 is 2.38 bits per heavy atom. The highest BCUT2D eigenvalue weighted by Crippen LogP contribution is 2.10. The summed E-state index contributed by atoms with van der Waals surface area (Å²) in [5.41, 5.74) is 2.90. The Hall–Kier alpha value is -0.520. The Labute approximate surface area is 101 Å². The molecular weight excluding hydrogens is 196 g/mol. The van der Waals surface area contributed by atoms with Crippen molar-refractivity contribution in [2.45, 2.75) is 77.7 Å². The van der Waals surface area contributed by atoms with Gasteiger partial charge in [0.15, 0.2) is 0 Å². The Kier molecular flexibility index (Phi) is 12.1. The standard InChI is InChI=1S/C14H28N2/c1-3-5-7-8-9-11-13-14(16-15)12-10-6-4-2/h14,16H,3,5,7-13,15H2,1-2H3. The molecule has 0 rings (SSSR count). The SMILES string of the molecule is CC#CCCC(CCCCCCCC)NN. The van der Waals surface area contributed by atoms with E-state index in [9.17, 15) is 0 Å². The first-order chi connectivity index (χ1) is 7.85. The van der Waals surface area contributed by atoms with E-state index in [0.717, 1.165) is 12.8 Å². The average molecular weight is 224 g/mol. The largest absolute Gasteiger partial charge is 0.271 e. The summed E-state index contributed by atoms with van der Waals surface area (Å²) in [6.45, 7) is 4.14. The van der Waals surface area contributed by atoms with Crippen LogP contribution in [0.15, 0.2) is 0 Å². The van der Waals surface area contributed by atoms with Gasteiger partial charge in [-0.05, 0) is 19.8 Å². The minimum atomic E-state index is 0.451. The third-order valence-electron chi connectivity index (χ3n) is 2.94. The highest BCUT2D eigenvalue weighted by atomic mass is 15.2. The molecule has 0 fully saturated rings. The molecule has 0 aromatic heterocycles. The third-order valence-corrected chi connectivity index (χ3v) is 2.94. The second-order valence-electron chi connectivity index (χ2n) is 4.39. The highest BCUT2D eigenvalue weighted by Gasteiger charge is 2.04. The average Bonchev–Trinajstić information content (AvgIpc) is 2.31. The van der Waals surface area contributed by atoms with Gasteiger partial charge in [0.2, 0.25) is 0 Å². The number of hydrogen-bond acceptors (Lipinski definition) is 2. The van der Waals surface area contributed by atoms with Crippen LogP contribution in [-0.2, 0) is 0 Å². The van der Waals surface area contributed by atoms with Crippen LogP contribution in [0, 0.1) is 11.8 Å². The zero-order valence-corrected chi connectivity index (χ0v) is 11.0. The smallest absolute Gasteiger partial charge is 0.0219 e. The first-order valence-electron chi connectivity index (χ1n) is 6.70. The Morgan fingerprint density at radius 1 is 1.06 bits per heavy atom. The molecule has 1 atom stereocenters. The van der Waals surface area contributed by atoms with E-state index in [1.165, 1.54) is 44.9 Å². The minimum Gasteiger partial charge on any atom is -0.271 e. The van der Waals surface area contributed by atoms with Gasteiger partial charge in [-0.3, -0.25) is 11.3 Å². The molecule has 0 aliphatic carbocycles. The van der Waals surface area contributed by atoms with Crippen LogP contribution >= 0.6 is 0 Å². The van der Waals surface area contributed by atoms with Gasteiger partial charge in [0.25, 0.3) is 0 Å². The van der Waals surface area contributed by atoms with Crippen LogP contribution in [0.5, 0.6) is 0 Å². The molecule has 0 heterocycles. The van der Waals surface area contributed by atoms with Crippen molar-refractivity contribution in [3.8, 4) is 11.8 Å². The Balaban J connectivity index is 3.35. The van der Waals surface area contributed by atoms with Crippen LogP contribution in [0.1, 0.15) is 71.6 Å². The van der Waals surface area contributed by atoms with E-state index in [1.807, 2.05) is 6.92 Å². The maximum atomic E-state index is 5.52. The lowest BCUT2D eigenvalue weighted by molar-refractivity contribution is 0.442. The highest BCUT2D eigenvalue weighted by molar-refractivity contribution is 4.95. The summed E-state index contributed by atoms with van der Waals surface area (Å²) in [5, 5.41) is 0. The Morgan fingerprint density at radius 2 is 1.75 bits per heavy atom. The van der Waals surface area contributed by atoms with Crippen molar-refractivity contribution >= 4 is 0 Å². The minimum absolute atomic E-state index is 0.451. The molecule has 1 unspecified atom stereocenters. The number of hydrazine groups is 1. The van der Waals surface area contributed by atoms with Gasteiger partial charge in [0.05, 0.1) is 0 Å². The second-order valence-corrected chi connectivity index (χ2v) is 4.39. The van der Waals surface area contributed by atoms with Gasteiger partial charge in [-0.15, -0.1) is 11.8 Å². The molecular formula is C14H28N2. The van der Waals surface area contributed by atoms with E-state index in [-0.39, 0.29) is 0 Å². The van der Waals surface area contributed by atoms with Gasteiger partial charge < -0.3 is 0 Å². The quantitative estimate of drug-likeness (QED) is 0.258. The molecule has 2 heteroatoms. The van der Waals surface area contributed by atoms with Crippen molar-refractivity contribution < 1.29 is 0 Å². The molecule has 0 radical (unpaired) electrons. The van der Waals surface area contributed by atoms with Crippen molar-refractivity contribution in [1.29, 1.82) is 0 Å². The number of unbranched alkanes of at least 4 members (excludes halogenated alkanes) is 5. The van der Waals surface area contributed by atoms with Crippen molar-refractivity contribution in [1.82, 2.24) is 5.43 Å². The van der Waals surface area contributed by atoms with Crippen LogP contribution in [0.4, 0.5) is 0 Å². The first-order valence-corrected chi connectivity index (χ1v) is 6.70. The van der Waals surface area contributed by atoms with E-state index >= 15 is 0 Å². The van der Waals surface area contributed by atoms with E-state index in [0.29, 0.717) is 6.04 Å². The molecule has 2 nitrogen and oxygen atoms in total. The predicted molar refractivity (Wildman–Crippen MR) is 71.8 cm³/mol. The summed E-state index contributed by atoms with van der Waals surface area (Å²) in [7, 11) is 0. The summed E-state index contributed by atoms with van der Waals surface area (Å²) < 4.78 is 0. The van der Waals surface area contributed by atoms with Gasteiger partial charge in [-0.1, -0.05) is 45.4 Å². The van der Waals surface area contributed by atoms with Crippen molar-refractivity contribution in [3.05, 3.63) is 0 Å². The Bertz CT molecular complexity index is 191. The van der Waals surface area contributed by atoms with E-state index in [1.54, 1.807) is 0 Å². The number of rotatable bonds is 10. The van der Waals surface area contributed by atoms with E-state index in [4.69, 9.17) is 5.84 Å². The molecule has 0 saturated carbocycles. The van der Waals surface area contributed by atoms with Crippen molar-refractivity contribution in [3.63, 3.8) is 0 Å². The number of nitrogens with two attached hydrogens (primary N) is 1. The molecule has 0 aromatic rings. The zero-order chi connectivity index (χ0) is 12.1. The van der Waals surface area contributed by atoms with Crippen LogP contribution in [0.25, 0.3) is 0 Å². The van der Waals surface area contributed by atoms with E-state index in [2.05, 4.69) is 24.2 Å². The lowest BCUT2D eigenvalue weighted by Crippen LogP contribution is -2.34. The molecule has 16 heavy (non-hydrogen) atoms. The summed E-state index contributed by atoms with van der Waals surface area (Å²) in [6, 6.07) is 0.451. The molecule has 0 bridgehead atoms. The molecule has 0 aliphatic rings. The molecule has 94 valence electrons. The van der Waals surface area contributed by atoms with Gasteiger partial charge in [0.1, 0.15) is 0 Å². The van der Waals surface area contributed by atoms with Gasteiger partial charge >= 0.3 is 0 Å². The number of hydrogen-bond donors (Lipinski definition) is 2. The van der Waals surface area contributed by atoms with Crippen LogP contribution < -0.4 is 11.3 Å². The maximum absolute atomic E-state index is 5.52. The summed E-state index contributed by atoms with van der Waals surface area (Å²) in [6.07, 6.45) is 11.3. The molecule has 0 spiro atoms. The zero-order valence-electron chi connectivity index (χ0n) is 11.0. The molecule has 0 aliphatic heterocycles. The van der Waals surface area contributed by atoms with Gasteiger partial charge in [-0.2, -0.15) is 0 Å². The predicted octanol–water partition coefficient (Wildman–Crippen LogP) is 3.37. The second kappa shape index (κ2) is 12.5. The monoisotopic (exact) mass is 224 g/mol. The van der Waals surface area contributed by atoms with Crippen molar-refractivity contribution in [2.24, 2.45) is 5.84 Å². The fraction of sp³-hybridized carbons (Fsp3) is 0.857. The lowest BCUT2D eigenvalue weighted by atomic mass is 10.0. The number of nitrogens with one attached hydrogen (secondary N) is 1. The summed E-state index contributed by atoms with van der Waals surface area (Å²) in [5.74, 6) is 11.5. The molecule has 0 amide bonds. The molecule has 0 saturated heterocycles. The first kappa shape index (κ1) is 15.5. The van der Waals surface area contributed by atoms with Gasteiger partial charge in [0, 0.05) is 12.5 Å². The van der Waals surface area contributed by atoms with Crippen LogP contribution in [-0.4, -0.2) is 6.04 Å².